The molecule has 106 valence electrons. The quantitative estimate of drug-likeness (QED) is 0.493. The summed E-state index contributed by atoms with van der Waals surface area (Å²) in [4.78, 5) is 15.8. The Labute approximate surface area is 117 Å². The Hall–Kier alpha value is -2.50. The smallest absolute Gasteiger partial charge is 0.338 e. The summed E-state index contributed by atoms with van der Waals surface area (Å²) in [6.45, 7) is 1.11. The summed E-state index contributed by atoms with van der Waals surface area (Å²) in [5.41, 5.74) is 6.58. The van der Waals surface area contributed by atoms with Gasteiger partial charge in [-0.15, -0.1) is 0 Å². The number of nitrogens with two attached hydrogens (primary N) is 1. The molecular weight excluding hydrogens is 258 g/mol. The molecule has 0 aliphatic carbocycles. The molecule has 2 aromatic rings. The molecule has 1 heterocycles. The summed E-state index contributed by atoms with van der Waals surface area (Å²) >= 11 is 0. The molecule has 0 atom stereocenters. The van der Waals surface area contributed by atoms with Gasteiger partial charge in [-0.1, -0.05) is 0 Å². The van der Waals surface area contributed by atoms with Gasteiger partial charge in [0.25, 0.3) is 0 Å². The Morgan fingerprint density at radius 1 is 1.45 bits per heavy atom. The molecule has 0 fully saturated rings. The first-order chi connectivity index (χ1) is 9.70. The van der Waals surface area contributed by atoms with Gasteiger partial charge in [0.2, 0.25) is 0 Å². The number of ether oxygens (including phenoxy) is 2. The first-order valence-electron chi connectivity index (χ1n) is 6.27. The number of anilines is 1. The van der Waals surface area contributed by atoms with Gasteiger partial charge < -0.3 is 19.8 Å². The molecule has 6 nitrogen and oxygen atoms in total. The van der Waals surface area contributed by atoms with Crippen LogP contribution in [-0.2, 0) is 11.3 Å². The molecule has 2 N–H and O–H groups in total. The van der Waals surface area contributed by atoms with E-state index in [1.54, 1.807) is 30.7 Å². The highest BCUT2D eigenvalue weighted by Gasteiger charge is 2.09. The largest absolute Gasteiger partial charge is 0.495 e. The molecule has 0 amide bonds. The van der Waals surface area contributed by atoms with Crippen LogP contribution in [0.15, 0.2) is 36.9 Å². The van der Waals surface area contributed by atoms with E-state index in [0.29, 0.717) is 23.6 Å². The molecule has 0 saturated heterocycles. The van der Waals surface area contributed by atoms with Crippen molar-refractivity contribution < 1.29 is 14.3 Å². The van der Waals surface area contributed by atoms with Crippen LogP contribution in [0.5, 0.6) is 5.75 Å². The van der Waals surface area contributed by atoms with E-state index in [-0.39, 0.29) is 5.97 Å². The Bertz CT molecular complexity index is 567. The predicted octanol–water partition coefficient (Wildman–Crippen LogP) is 1.72. The van der Waals surface area contributed by atoms with E-state index < -0.39 is 0 Å². The number of imidazole rings is 1. The van der Waals surface area contributed by atoms with Crippen molar-refractivity contribution in [2.24, 2.45) is 0 Å². The number of aromatic nitrogens is 2. The topological polar surface area (TPSA) is 79.4 Å². The number of hydrogen-bond donors (Lipinski definition) is 1. The van der Waals surface area contributed by atoms with Crippen LogP contribution >= 0.6 is 0 Å². The number of carbonyl (C=O) groups is 1. The van der Waals surface area contributed by atoms with Gasteiger partial charge in [-0.25, -0.2) is 9.78 Å². The zero-order chi connectivity index (χ0) is 14.4. The zero-order valence-corrected chi connectivity index (χ0v) is 11.3. The third-order valence-corrected chi connectivity index (χ3v) is 2.82. The monoisotopic (exact) mass is 275 g/mol. The van der Waals surface area contributed by atoms with Gasteiger partial charge in [-0.2, -0.15) is 0 Å². The van der Waals surface area contributed by atoms with Crippen LogP contribution in [-0.4, -0.2) is 29.2 Å². The van der Waals surface area contributed by atoms with Gasteiger partial charge in [-0.05, 0) is 24.6 Å². The number of methoxy groups -OCH3 is 1. The van der Waals surface area contributed by atoms with Crippen LogP contribution in [0.1, 0.15) is 16.8 Å². The number of aryl methyl sites for hydroxylation is 1. The van der Waals surface area contributed by atoms with Crippen LogP contribution in [0.4, 0.5) is 5.69 Å². The van der Waals surface area contributed by atoms with E-state index in [1.807, 2.05) is 10.8 Å². The van der Waals surface area contributed by atoms with Crippen LogP contribution in [0, 0.1) is 0 Å². The molecule has 0 unspecified atom stereocenters. The van der Waals surface area contributed by atoms with E-state index in [4.69, 9.17) is 15.2 Å². The first-order valence-corrected chi connectivity index (χ1v) is 6.27. The molecule has 0 spiro atoms. The fraction of sp³-hybridized carbons (Fsp3) is 0.286. The third kappa shape index (κ3) is 3.50. The van der Waals surface area contributed by atoms with Crippen molar-refractivity contribution in [2.45, 2.75) is 13.0 Å². The highest BCUT2D eigenvalue weighted by molar-refractivity contribution is 5.91. The number of hydrogen-bond acceptors (Lipinski definition) is 5. The molecule has 0 aliphatic rings. The van der Waals surface area contributed by atoms with E-state index in [0.717, 1.165) is 13.0 Å². The number of esters is 1. The maximum absolute atomic E-state index is 11.8. The molecule has 1 aromatic heterocycles. The Kier molecular flexibility index (Phi) is 4.60. The maximum atomic E-state index is 11.8. The lowest BCUT2D eigenvalue weighted by molar-refractivity contribution is 0.0496. The van der Waals surface area contributed by atoms with Gasteiger partial charge >= 0.3 is 5.97 Å². The Morgan fingerprint density at radius 3 is 2.95 bits per heavy atom. The number of nitrogens with zero attached hydrogens (tertiary/aromatic N) is 2. The van der Waals surface area contributed by atoms with Gasteiger partial charge in [0.1, 0.15) is 5.75 Å². The third-order valence-electron chi connectivity index (χ3n) is 2.82. The molecule has 0 aliphatic heterocycles. The van der Waals surface area contributed by atoms with Crippen LogP contribution in [0.25, 0.3) is 0 Å². The first kappa shape index (κ1) is 13.9. The van der Waals surface area contributed by atoms with Crippen molar-refractivity contribution >= 4 is 11.7 Å². The summed E-state index contributed by atoms with van der Waals surface area (Å²) in [5, 5.41) is 0. The summed E-state index contributed by atoms with van der Waals surface area (Å²) in [6.07, 6.45) is 6.04. The summed E-state index contributed by atoms with van der Waals surface area (Å²) in [5.74, 6) is 0.159. The molecule has 0 saturated carbocycles. The van der Waals surface area contributed by atoms with E-state index >= 15 is 0 Å². The lowest BCUT2D eigenvalue weighted by Gasteiger charge is -2.08. The van der Waals surface area contributed by atoms with Crippen LogP contribution < -0.4 is 10.5 Å². The maximum Gasteiger partial charge on any atom is 0.338 e. The van der Waals surface area contributed by atoms with Gasteiger partial charge in [-0.3, -0.25) is 0 Å². The minimum atomic E-state index is -0.384. The van der Waals surface area contributed by atoms with Crippen molar-refractivity contribution in [2.75, 3.05) is 19.5 Å². The predicted molar refractivity (Wildman–Crippen MR) is 74.5 cm³/mol. The average Bonchev–Trinajstić information content (AvgIpc) is 2.96. The minimum absolute atomic E-state index is 0.350. The SMILES string of the molecule is COc1ccc(C(=O)OCCCn2ccnc2)cc1N. The van der Waals surface area contributed by atoms with Crippen LogP contribution in [0.3, 0.4) is 0 Å². The van der Waals surface area contributed by atoms with Gasteiger partial charge in [0, 0.05) is 18.9 Å². The second-order valence-electron chi connectivity index (χ2n) is 4.25. The lowest BCUT2D eigenvalue weighted by atomic mass is 10.2. The number of rotatable bonds is 6. The summed E-state index contributed by atoms with van der Waals surface area (Å²) in [7, 11) is 1.53. The average molecular weight is 275 g/mol. The van der Waals surface area contributed by atoms with Crippen LogP contribution in [0.2, 0.25) is 0 Å². The van der Waals surface area contributed by atoms with Crippen molar-refractivity contribution in [3.63, 3.8) is 0 Å². The molecule has 2 rings (SSSR count). The van der Waals surface area contributed by atoms with Crippen molar-refractivity contribution in [1.29, 1.82) is 0 Å². The molecule has 20 heavy (non-hydrogen) atoms. The molecular formula is C14H17N3O3. The standard InChI is InChI=1S/C14H17N3O3/c1-19-13-4-3-11(9-12(13)15)14(18)20-8-2-6-17-7-5-16-10-17/h3-5,7,9-10H,2,6,8,15H2,1H3. The molecule has 0 bridgehead atoms. The Morgan fingerprint density at radius 2 is 2.30 bits per heavy atom. The van der Waals surface area contributed by atoms with E-state index in [9.17, 15) is 4.79 Å². The fourth-order valence-corrected chi connectivity index (χ4v) is 1.78. The summed E-state index contributed by atoms with van der Waals surface area (Å²) < 4.78 is 12.1. The molecule has 0 radical (unpaired) electrons. The minimum Gasteiger partial charge on any atom is -0.495 e. The molecule has 1 aromatic carbocycles. The highest BCUT2D eigenvalue weighted by atomic mass is 16.5. The highest BCUT2D eigenvalue weighted by Crippen LogP contribution is 2.22. The number of nitrogen functional groups attached to an aromatic ring is 1. The number of carbonyl (C=O) groups excluding carboxylic acids is 1. The lowest BCUT2D eigenvalue weighted by Crippen LogP contribution is -2.09. The normalized spacial score (nSPS) is 10.2. The number of benzene rings is 1. The van der Waals surface area contributed by atoms with E-state index in [1.165, 1.54) is 7.11 Å². The summed E-state index contributed by atoms with van der Waals surface area (Å²) in [6, 6.07) is 4.84. The van der Waals surface area contributed by atoms with Crippen molar-refractivity contribution in [3.05, 3.63) is 42.5 Å². The zero-order valence-electron chi connectivity index (χ0n) is 11.3. The van der Waals surface area contributed by atoms with Crippen molar-refractivity contribution in [1.82, 2.24) is 9.55 Å². The fourth-order valence-electron chi connectivity index (χ4n) is 1.78. The second kappa shape index (κ2) is 6.60. The van der Waals surface area contributed by atoms with Gasteiger partial charge in [0.05, 0.1) is 31.3 Å². The Balaban J connectivity index is 1.81. The van der Waals surface area contributed by atoms with Crippen molar-refractivity contribution in [3.8, 4) is 5.75 Å². The second-order valence-corrected chi connectivity index (χ2v) is 4.25. The van der Waals surface area contributed by atoms with Gasteiger partial charge in [0.15, 0.2) is 0 Å². The molecule has 6 heteroatoms. The van der Waals surface area contributed by atoms with E-state index in [2.05, 4.69) is 4.98 Å².